The first-order valence-corrected chi connectivity index (χ1v) is 23.3. The minimum Gasteiger partial charge on any atom is -0.456 e. The minimum absolute atomic E-state index is 0.870. The average Bonchev–Trinajstić information content (AvgIpc) is 3.79. The van der Waals surface area contributed by atoms with Crippen molar-refractivity contribution in [3.8, 4) is 55.6 Å². The maximum absolute atomic E-state index is 6.35. The van der Waals surface area contributed by atoms with E-state index in [1.165, 1.54) is 71.3 Å². The van der Waals surface area contributed by atoms with E-state index >= 15 is 0 Å². The first-order valence-electron chi connectivity index (χ1n) is 23.3. The predicted molar refractivity (Wildman–Crippen MR) is 288 cm³/mol. The van der Waals surface area contributed by atoms with Crippen LogP contribution in [0.4, 0.5) is 17.1 Å². The standard InChI is InChI=1S/C66H43NO/c1-3-16-48(17-4-1)65-59-24-10-9-22-56(59)57-39-35-52(42-61(57)66(65)49-18-5-2-6-19-49)55-21-11-13-25-62(55)67(54-38-40-64-60(43-54)58-23-12-14-26-63(58)68-64)53-36-33-46(34-37-53)45-27-29-47(30-28-45)51-32-31-44-15-7-8-20-50(44)41-51/h1-43H. The Balaban J connectivity index is 0.970. The molecule has 0 fully saturated rings. The van der Waals surface area contributed by atoms with Crippen LogP contribution in [0, 0.1) is 0 Å². The van der Waals surface area contributed by atoms with Crippen LogP contribution in [-0.2, 0) is 0 Å². The Hall–Kier alpha value is -8.98. The fourth-order valence-corrected chi connectivity index (χ4v) is 10.4. The summed E-state index contributed by atoms with van der Waals surface area (Å²) in [5.74, 6) is 0. The van der Waals surface area contributed by atoms with Crippen LogP contribution in [0.3, 0.4) is 0 Å². The van der Waals surface area contributed by atoms with Crippen molar-refractivity contribution in [3.63, 3.8) is 0 Å². The molecule has 13 aromatic rings. The summed E-state index contributed by atoms with van der Waals surface area (Å²) in [5.41, 5.74) is 16.8. The molecule has 0 aliphatic carbocycles. The van der Waals surface area contributed by atoms with Crippen molar-refractivity contribution in [3.05, 3.63) is 261 Å². The molecule has 0 saturated carbocycles. The summed E-state index contributed by atoms with van der Waals surface area (Å²) in [6, 6.07) is 94.6. The van der Waals surface area contributed by atoms with Gasteiger partial charge in [0.15, 0.2) is 0 Å². The van der Waals surface area contributed by atoms with Gasteiger partial charge in [0.2, 0.25) is 0 Å². The molecule has 0 atom stereocenters. The molecule has 13 rings (SSSR count). The number of hydrogen-bond donors (Lipinski definition) is 0. The molecule has 1 heterocycles. The summed E-state index contributed by atoms with van der Waals surface area (Å²) < 4.78 is 6.35. The topological polar surface area (TPSA) is 16.4 Å². The first-order chi connectivity index (χ1) is 33.7. The van der Waals surface area contributed by atoms with E-state index in [4.69, 9.17) is 4.42 Å². The zero-order chi connectivity index (χ0) is 45.0. The Morgan fingerprint density at radius 3 is 1.51 bits per heavy atom. The molecule has 318 valence electrons. The molecule has 12 aromatic carbocycles. The zero-order valence-corrected chi connectivity index (χ0v) is 37.2. The van der Waals surface area contributed by atoms with Crippen LogP contribution in [0.1, 0.15) is 0 Å². The maximum Gasteiger partial charge on any atom is 0.135 e. The molecular weight excluding hydrogens is 823 g/mol. The van der Waals surface area contributed by atoms with Gasteiger partial charge in [0.1, 0.15) is 11.2 Å². The van der Waals surface area contributed by atoms with Crippen molar-refractivity contribution in [2.75, 3.05) is 4.90 Å². The maximum atomic E-state index is 6.35. The second kappa shape index (κ2) is 16.5. The molecule has 0 amide bonds. The van der Waals surface area contributed by atoms with Gasteiger partial charge < -0.3 is 9.32 Å². The lowest BCUT2D eigenvalue weighted by atomic mass is 9.84. The largest absolute Gasteiger partial charge is 0.456 e. The van der Waals surface area contributed by atoms with Crippen LogP contribution < -0.4 is 4.90 Å². The fraction of sp³-hybridized carbons (Fsp3) is 0. The van der Waals surface area contributed by atoms with Crippen molar-refractivity contribution >= 4 is 71.3 Å². The van der Waals surface area contributed by atoms with Crippen LogP contribution in [-0.4, -0.2) is 0 Å². The van der Waals surface area contributed by atoms with Crippen molar-refractivity contribution in [1.29, 1.82) is 0 Å². The number of para-hydroxylation sites is 2. The van der Waals surface area contributed by atoms with E-state index in [-0.39, 0.29) is 0 Å². The highest BCUT2D eigenvalue weighted by atomic mass is 16.3. The monoisotopic (exact) mass is 865 g/mol. The van der Waals surface area contributed by atoms with Crippen molar-refractivity contribution in [2.24, 2.45) is 0 Å². The molecule has 68 heavy (non-hydrogen) atoms. The van der Waals surface area contributed by atoms with Crippen LogP contribution in [0.25, 0.3) is 110 Å². The smallest absolute Gasteiger partial charge is 0.135 e. The summed E-state index contributed by atoms with van der Waals surface area (Å²) in [7, 11) is 0. The zero-order valence-electron chi connectivity index (χ0n) is 37.2. The summed E-state index contributed by atoms with van der Waals surface area (Å²) >= 11 is 0. The summed E-state index contributed by atoms with van der Waals surface area (Å²) in [5, 5.41) is 9.63. The number of nitrogens with zero attached hydrogens (tertiary/aromatic N) is 1. The van der Waals surface area contributed by atoms with E-state index in [1.54, 1.807) is 0 Å². The van der Waals surface area contributed by atoms with Crippen LogP contribution in [0.5, 0.6) is 0 Å². The van der Waals surface area contributed by atoms with Gasteiger partial charge in [-0.25, -0.2) is 0 Å². The molecule has 0 radical (unpaired) electrons. The lowest BCUT2D eigenvalue weighted by molar-refractivity contribution is 0.669. The van der Waals surface area contributed by atoms with Gasteiger partial charge in [-0.1, -0.05) is 206 Å². The lowest BCUT2D eigenvalue weighted by Crippen LogP contribution is -2.11. The molecule has 0 spiro atoms. The van der Waals surface area contributed by atoms with Gasteiger partial charge in [0.05, 0.1) is 5.69 Å². The molecule has 0 saturated heterocycles. The van der Waals surface area contributed by atoms with E-state index in [0.717, 1.165) is 55.7 Å². The number of hydrogen-bond acceptors (Lipinski definition) is 2. The summed E-state index contributed by atoms with van der Waals surface area (Å²) in [6.45, 7) is 0. The summed E-state index contributed by atoms with van der Waals surface area (Å²) in [6.07, 6.45) is 0. The Bertz CT molecular complexity index is 4000. The Morgan fingerprint density at radius 1 is 0.250 bits per heavy atom. The molecular formula is C66H43NO. The number of furan rings is 1. The van der Waals surface area contributed by atoms with Gasteiger partial charge in [-0.05, 0) is 137 Å². The van der Waals surface area contributed by atoms with Crippen molar-refractivity contribution in [1.82, 2.24) is 0 Å². The number of anilines is 3. The molecule has 0 aliphatic rings. The average molecular weight is 866 g/mol. The normalized spacial score (nSPS) is 11.5. The number of fused-ring (bicyclic) bond motifs is 7. The molecule has 0 N–H and O–H groups in total. The quantitative estimate of drug-likeness (QED) is 0.142. The van der Waals surface area contributed by atoms with Gasteiger partial charge >= 0.3 is 0 Å². The Labute approximate surface area is 395 Å². The second-order valence-corrected chi connectivity index (χ2v) is 17.6. The van der Waals surface area contributed by atoms with Crippen LogP contribution in [0.15, 0.2) is 265 Å². The molecule has 2 nitrogen and oxygen atoms in total. The third-order valence-corrected chi connectivity index (χ3v) is 13.7. The van der Waals surface area contributed by atoms with Crippen LogP contribution in [0.2, 0.25) is 0 Å². The van der Waals surface area contributed by atoms with Gasteiger partial charge in [-0.3, -0.25) is 0 Å². The minimum atomic E-state index is 0.870. The molecule has 0 aliphatic heterocycles. The van der Waals surface area contributed by atoms with E-state index in [1.807, 2.05) is 12.1 Å². The van der Waals surface area contributed by atoms with E-state index in [2.05, 4.69) is 254 Å². The van der Waals surface area contributed by atoms with Crippen molar-refractivity contribution < 1.29 is 4.42 Å². The SMILES string of the molecule is c1ccc(-c2c(-c3ccccc3)c3cc(-c4ccccc4N(c4ccc(-c5ccc(-c6ccc7ccccc7c6)cc5)cc4)c4ccc5oc6ccccc6c5c4)ccc3c3ccccc23)cc1. The molecule has 1 aromatic heterocycles. The molecule has 0 bridgehead atoms. The van der Waals surface area contributed by atoms with Crippen LogP contribution >= 0.6 is 0 Å². The molecule has 2 heteroatoms. The Kier molecular flexibility index (Phi) is 9.54. The summed E-state index contributed by atoms with van der Waals surface area (Å²) in [4.78, 5) is 2.40. The van der Waals surface area contributed by atoms with E-state index in [9.17, 15) is 0 Å². The predicted octanol–water partition coefficient (Wildman–Crippen LogP) is 18.9. The van der Waals surface area contributed by atoms with Crippen molar-refractivity contribution in [2.45, 2.75) is 0 Å². The van der Waals surface area contributed by atoms with Gasteiger partial charge in [-0.15, -0.1) is 0 Å². The first kappa shape index (κ1) is 39.4. The Morgan fingerprint density at radius 2 is 0.765 bits per heavy atom. The fourth-order valence-electron chi connectivity index (χ4n) is 10.4. The van der Waals surface area contributed by atoms with Gasteiger partial charge in [-0.2, -0.15) is 0 Å². The number of rotatable bonds is 8. The lowest BCUT2D eigenvalue weighted by Gasteiger charge is -2.28. The highest BCUT2D eigenvalue weighted by molar-refractivity contribution is 6.22. The second-order valence-electron chi connectivity index (χ2n) is 17.6. The highest BCUT2D eigenvalue weighted by Crippen LogP contribution is 2.48. The number of benzene rings is 12. The van der Waals surface area contributed by atoms with Gasteiger partial charge in [0.25, 0.3) is 0 Å². The highest BCUT2D eigenvalue weighted by Gasteiger charge is 2.22. The molecule has 0 unspecified atom stereocenters. The van der Waals surface area contributed by atoms with E-state index in [0.29, 0.717) is 0 Å². The van der Waals surface area contributed by atoms with Gasteiger partial charge in [0, 0.05) is 27.7 Å². The third kappa shape index (κ3) is 6.82. The van der Waals surface area contributed by atoms with E-state index < -0.39 is 0 Å². The third-order valence-electron chi connectivity index (χ3n) is 13.7.